The second-order valence-corrected chi connectivity index (χ2v) is 5.27. The number of rotatable bonds is 4. The molecule has 2 N–H and O–H groups in total. The summed E-state index contributed by atoms with van der Waals surface area (Å²) in [5.74, 6) is -0.755. The molecule has 3 nitrogen and oxygen atoms in total. The fourth-order valence-corrected chi connectivity index (χ4v) is 2.05. The SMILES string of the molecule is O=C(CNc1ccc(Cl)c(F)c1)Nc1ccccc1Br. The van der Waals surface area contributed by atoms with Crippen LogP contribution < -0.4 is 10.6 Å². The van der Waals surface area contributed by atoms with Gasteiger partial charge in [-0.15, -0.1) is 0 Å². The van der Waals surface area contributed by atoms with Crippen LogP contribution in [0.25, 0.3) is 0 Å². The quantitative estimate of drug-likeness (QED) is 0.857. The number of carbonyl (C=O) groups excluding carboxylic acids is 1. The lowest BCUT2D eigenvalue weighted by atomic mass is 10.3. The molecule has 0 saturated carbocycles. The normalized spacial score (nSPS) is 10.2. The second kappa shape index (κ2) is 6.72. The van der Waals surface area contributed by atoms with Gasteiger partial charge < -0.3 is 10.6 Å². The van der Waals surface area contributed by atoms with Crippen LogP contribution in [0.2, 0.25) is 5.02 Å². The summed E-state index contributed by atoms with van der Waals surface area (Å²) in [4.78, 5) is 11.8. The summed E-state index contributed by atoms with van der Waals surface area (Å²) in [6, 6.07) is 11.6. The lowest BCUT2D eigenvalue weighted by Crippen LogP contribution is -2.21. The standard InChI is InChI=1S/C14H11BrClFN2O/c15-10-3-1-2-4-13(10)19-14(20)8-18-9-5-6-11(16)12(17)7-9/h1-7,18H,8H2,(H,19,20). The molecular weight excluding hydrogens is 347 g/mol. The molecule has 0 aromatic heterocycles. The lowest BCUT2D eigenvalue weighted by molar-refractivity contribution is -0.114. The zero-order chi connectivity index (χ0) is 14.5. The highest BCUT2D eigenvalue weighted by Crippen LogP contribution is 2.21. The second-order valence-electron chi connectivity index (χ2n) is 4.01. The molecule has 0 heterocycles. The largest absolute Gasteiger partial charge is 0.376 e. The van der Waals surface area contributed by atoms with Crippen LogP contribution in [0.15, 0.2) is 46.9 Å². The van der Waals surface area contributed by atoms with Crippen molar-refractivity contribution in [3.8, 4) is 0 Å². The number of carbonyl (C=O) groups is 1. The minimum atomic E-state index is -0.525. The fourth-order valence-electron chi connectivity index (χ4n) is 1.55. The van der Waals surface area contributed by atoms with E-state index in [2.05, 4.69) is 26.6 Å². The number of nitrogens with one attached hydrogen (secondary N) is 2. The Morgan fingerprint density at radius 2 is 2.00 bits per heavy atom. The molecule has 2 aromatic carbocycles. The van der Waals surface area contributed by atoms with Crippen molar-refractivity contribution in [3.63, 3.8) is 0 Å². The summed E-state index contributed by atoms with van der Waals surface area (Å²) in [6.45, 7) is 0.0302. The topological polar surface area (TPSA) is 41.1 Å². The number of benzene rings is 2. The van der Waals surface area contributed by atoms with Crippen LogP contribution in [0.1, 0.15) is 0 Å². The Labute approximate surface area is 129 Å². The van der Waals surface area contributed by atoms with E-state index in [1.807, 2.05) is 18.2 Å². The number of amides is 1. The molecule has 0 radical (unpaired) electrons. The van der Waals surface area contributed by atoms with Crippen molar-refractivity contribution in [2.24, 2.45) is 0 Å². The summed E-state index contributed by atoms with van der Waals surface area (Å²) in [5, 5.41) is 5.61. The Bertz CT molecular complexity index is 636. The highest BCUT2D eigenvalue weighted by molar-refractivity contribution is 9.10. The van der Waals surface area contributed by atoms with E-state index >= 15 is 0 Å². The van der Waals surface area contributed by atoms with E-state index in [0.717, 1.165) is 4.47 Å². The van der Waals surface area contributed by atoms with Crippen molar-refractivity contribution >= 4 is 44.8 Å². The van der Waals surface area contributed by atoms with Crippen molar-refractivity contribution in [1.82, 2.24) is 0 Å². The van der Waals surface area contributed by atoms with E-state index in [-0.39, 0.29) is 17.5 Å². The van der Waals surface area contributed by atoms with Crippen LogP contribution in [-0.2, 0) is 4.79 Å². The van der Waals surface area contributed by atoms with Gasteiger partial charge in [-0.3, -0.25) is 4.79 Å². The van der Waals surface area contributed by atoms with Crippen LogP contribution in [0.3, 0.4) is 0 Å². The van der Waals surface area contributed by atoms with Gasteiger partial charge in [-0.1, -0.05) is 23.7 Å². The first kappa shape index (κ1) is 14.8. The van der Waals surface area contributed by atoms with Crippen LogP contribution in [-0.4, -0.2) is 12.5 Å². The van der Waals surface area contributed by atoms with Crippen molar-refractivity contribution in [3.05, 3.63) is 57.8 Å². The van der Waals surface area contributed by atoms with E-state index in [1.54, 1.807) is 12.1 Å². The molecule has 20 heavy (non-hydrogen) atoms. The van der Waals surface area contributed by atoms with Gasteiger partial charge in [0.1, 0.15) is 5.82 Å². The summed E-state index contributed by atoms with van der Waals surface area (Å²) in [6.07, 6.45) is 0. The van der Waals surface area contributed by atoms with Gasteiger partial charge in [0.25, 0.3) is 0 Å². The van der Waals surface area contributed by atoms with Crippen molar-refractivity contribution in [1.29, 1.82) is 0 Å². The van der Waals surface area contributed by atoms with Crippen LogP contribution in [0.4, 0.5) is 15.8 Å². The van der Waals surface area contributed by atoms with Crippen molar-refractivity contribution in [2.45, 2.75) is 0 Å². The Hall–Kier alpha value is -1.59. The Morgan fingerprint density at radius 3 is 2.70 bits per heavy atom. The molecule has 0 aliphatic carbocycles. The predicted octanol–water partition coefficient (Wildman–Crippen LogP) is 4.29. The van der Waals surface area contributed by atoms with Crippen LogP contribution in [0.5, 0.6) is 0 Å². The predicted molar refractivity (Wildman–Crippen MR) is 82.7 cm³/mol. The van der Waals surface area contributed by atoms with Gasteiger partial charge >= 0.3 is 0 Å². The maximum Gasteiger partial charge on any atom is 0.243 e. The third kappa shape index (κ3) is 3.95. The summed E-state index contributed by atoms with van der Waals surface area (Å²) < 4.78 is 14.0. The first-order valence-corrected chi connectivity index (χ1v) is 6.96. The van der Waals surface area contributed by atoms with Gasteiger partial charge in [0, 0.05) is 10.2 Å². The fraction of sp³-hybridized carbons (Fsp3) is 0.0714. The minimum absolute atomic E-state index is 0.0302. The Morgan fingerprint density at radius 1 is 1.25 bits per heavy atom. The molecular formula is C14H11BrClFN2O. The molecule has 0 bridgehead atoms. The van der Waals surface area contributed by atoms with Gasteiger partial charge in [0.15, 0.2) is 0 Å². The van der Waals surface area contributed by atoms with Gasteiger partial charge in [-0.05, 0) is 46.3 Å². The molecule has 0 atom stereocenters. The number of hydrogen-bond donors (Lipinski definition) is 2. The highest BCUT2D eigenvalue weighted by atomic mass is 79.9. The number of para-hydroxylation sites is 1. The molecule has 0 aliphatic rings. The highest BCUT2D eigenvalue weighted by Gasteiger charge is 2.06. The Balaban J connectivity index is 1.92. The summed E-state index contributed by atoms with van der Waals surface area (Å²) in [7, 11) is 0. The van der Waals surface area contributed by atoms with Gasteiger partial charge in [-0.2, -0.15) is 0 Å². The molecule has 0 fully saturated rings. The molecule has 0 aliphatic heterocycles. The zero-order valence-electron chi connectivity index (χ0n) is 10.3. The maximum atomic E-state index is 13.2. The average Bonchev–Trinajstić information content (AvgIpc) is 2.43. The van der Waals surface area contributed by atoms with E-state index in [4.69, 9.17) is 11.6 Å². The Kier molecular flexibility index (Phi) is 4.98. The average molecular weight is 358 g/mol. The molecule has 6 heteroatoms. The van der Waals surface area contributed by atoms with E-state index in [9.17, 15) is 9.18 Å². The summed E-state index contributed by atoms with van der Waals surface area (Å²) in [5.41, 5.74) is 1.18. The van der Waals surface area contributed by atoms with Crippen LogP contribution >= 0.6 is 27.5 Å². The maximum absolute atomic E-state index is 13.2. The molecule has 104 valence electrons. The zero-order valence-corrected chi connectivity index (χ0v) is 12.6. The van der Waals surface area contributed by atoms with E-state index in [0.29, 0.717) is 11.4 Å². The van der Waals surface area contributed by atoms with Crippen molar-refractivity contribution < 1.29 is 9.18 Å². The van der Waals surface area contributed by atoms with Gasteiger partial charge in [0.2, 0.25) is 5.91 Å². The van der Waals surface area contributed by atoms with Gasteiger partial charge in [0.05, 0.1) is 17.3 Å². The number of anilines is 2. The molecule has 2 aromatic rings. The number of halogens is 3. The molecule has 0 saturated heterocycles. The molecule has 2 rings (SSSR count). The molecule has 1 amide bonds. The summed E-state index contributed by atoms with van der Waals surface area (Å²) >= 11 is 8.92. The van der Waals surface area contributed by atoms with Gasteiger partial charge in [-0.25, -0.2) is 4.39 Å². The minimum Gasteiger partial charge on any atom is -0.376 e. The molecule has 0 unspecified atom stereocenters. The number of hydrogen-bond acceptors (Lipinski definition) is 2. The smallest absolute Gasteiger partial charge is 0.243 e. The van der Waals surface area contributed by atoms with Crippen LogP contribution in [0, 0.1) is 5.82 Å². The van der Waals surface area contributed by atoms with E-state index in [1.165, 1.54) is 12.1 Å². The first-order chi connectivity index (χ1) is 9.56. The molecule has 0 spiro atoms. The third-order valence-corrected chi connectivity index (χ3v) is 3.52. The third-order valence-electron chi connectivity index (χ3n) is 2.52. The van der Waals surface area contributed by atoms with E-state index < -0.39 is 5.82 Å². The lowest BCUT2D eigenvalue weighted by Gasteiger charge is -2.09. The first-order valence-electron chi connectivity index (χ1n) is 5.79. The monoisotopic (exact) mass is 356 g/mol. The van der Waals surface area contributed by atoms with Crippen molar-refractivity contribution in [2.75, 3.05) is 17.2 Å².